The summed E-state index contributed by atoms with van der Waals surface area (Å²) < 4.78 is 37.5. The van der Waals surface area contributed by atoms with Crippen molar-refractivity contribution in [2.75, 3.05) is 6.61 Å². The summed E-state index contributed by atoms with van der Waals surface area (Å²) in [6.07, 6.45) is 9.88. The molecule has 5 nitrogen and oxygen atoms in total. The second-order valence-corrected chi connectivity index (χ2v) is 10.8. The lowest BCUT2D eigenvalue weighted by Gasteiger charge is -2.56. The summed E-state index contributed by atoms with van der Waals surface area (Å²) in [5, 5.41) is 0. The molecule has 0 aliphatic heterocycles. The number of carbonyl (C=O) groups is 1. The summed E-state index contributed by atoms with van der Waals surface area (Å²) >= 11 is 0. The van der Waals surface area contributed by atoms with Gasteiger partial charge in [0.1, 0.15) is 0 Å². The highest BCUT2D eigenvalue weighted by molar-refractivity contribution is 7.88. The SMILES string of the molecule is O=C(OCC12CC3CC(CC(C3)C1)C2)C1(S(=O)(=O)O)CCCCC1. The fourth-order valence-electron chi connectivity index (χ4n) is 6.51. The number of esters is 1. The third-order valence-corrected chi connectivity index (χ3v) is 8.76. The zero-order valence-corrected chi connectivity index (χ0v) is 15.0. The van der Waals surface area contributed by atoms with Crippen LogP contribution in [0.1, 0.15) is 70.6 Å². The van der Waals surface area contributed by atoms with E-state index in [0.29, 0.717) is 19.4 Å². The molecule has 0 aromatic heterocycles. The highest BCUT2D eigenvalue weighted by Crippen LogP contribution is 2.60. The van der Waals surface area contributed by atoms with E-state index in [9.17, 15) is 17.8 Å². The fraction of sp³-hybridized carbons (Fsp3) is 0.944. The Morgan fingerprint density at radius 1 is 0.958 bits per heavy atom. The topological polar surface area (TPSA) is 80.7 Å². The van der Waals surface area contributed by atoms with Crippen LogP contribution in [0.3, 0.4) is 0 Å². The van der Waals surface area contributed by atoms with Crippen molar-refractivity contribution in [3.05, 3.63) is 0 Å². The molecule has 0 spiro atoms. The van der Waals surface area contributed by atoms with Gasteiger partial charge in [-0.2, -0.15) is 8.42 Å². The van der Waals surface area contributed by atoms with Crippen LogP contribution >= 0.6 is 0 Å². The Balaban J connectivity index is 1.48. The summed E-state index contributed by atoms with van der Waals surface area (Å²) in [6.45, 7) is 0.340. The first-order valence-corrected chi connectivity index (χ1v) is 10.9. The van der Waals surface area contributed by atoms with E-state index in [-0.39, 0.29) is 18.3 Å². The predicted molar refractivity (Wildman–Crippen MR) is 88.9 cm³/mol. The summed E-state index contributed by atoms with van der Waals surface area (Å²) in [7, 11) is -4.44. The van der Waals surface area contributed by atoms with Crippen LogP contribution in [0.15, 0.2) is 0 Å². The Morgan fingerprint density at radius 2 is 1.46 bits per heavy atom. The molecule has 0 atom stereocenters. The highest BCUT2D eigenvalue weighted by Gasteiger charge is 2.55. The van der Waals surface area contributed by atoms with Crippen LogP contribution in [0.2, 0.25) is 0 Å². The first kappa shape index (κ1) is 16.8. The average molecular weight is 356 g/mol. The van der Waals surface area contributed by atoms with Gasteiger partial charge in [0.25, 0.3) is 10.1 Å². The van der Waals surface area contributed by atoms with Crippen molar-refractivity contribution in [2.24, 2.45) is 23.2 Å². The Kier molecular flexibility index (Phi) is 3.99. The smallest absolute Gasteiger partial charge is 0.330 e. The summed E-state index contributed by atoms with van der Waals surface area (Å²) in [4.78, 5) is 12.7. The Labute approximate surface area is 144 Å². The van der Waals surface area contributed by atoms with Gasteiger partial charge < -0.3 is 4.74 Å². The molecule has 0 radical (unpaired) electrons. The lowest BCUT2D eigenvalue weighted by atomic mass is 9.50. The van der Waals surface area contributed by atoms with Gasteiger partial charge in [0.15, 0.2) is 4.75 Å². The Morgan fingerprint density at radius 3 is 1.92 bits per heavy atom. The van der Waals surface area contributed by atoms with Gasteiger partial charge in [-0.25, -0.2) is 0 Å². The molecule has 0 aromatic carbocycles. The first-order valence-electron chi connectivity index (χ1n) is 9.46. The second-order valence-electron chi connectivity index (χ2n) is 9.02. The van der Waals surface area contributed by atoms with Gasteiger partial charge in [0, 0.05) is 5.41 Å². The largest absolute Gasteiger partial charge is 0.464 e. The molecule has 0 unspecified atom stereocenters. The van der Waals surface area contributed by atoms with E-state index in [2.05, 4.69) is 0 Å². The van der Waals surface area contributed by atoms with E-state index < -0.39 is 20.8 Å². The minimum absolute atomic E-state index is 0.0689. The van der Waals surface area contributed by atoms with Crippen LogP contribution in [-0.2, 0) is 19.6 Å². The van der Waals surface area contributed by atoms with Crippen LogP contribution in [-0.4, -0.2) is 30.3 Å². The van der Waals surface area contributed by atoms with E-state index in [1.165, 1.54) is 19.3 Å². The van der Waals surface area contributed by atoms with Gasteiger partial charge in [-0.1, -0.05) is 19.3 Å². The summed E-state index contributed by atoms with van der Waals surface area (Å²) in [5.41, 5.74) is 0.0689. The minimum Gasteiger partial charge on any atom is -0.464 e. The molecule has 0 aromatic rings. The lowest BCUT2D eigenvalue weighted by molar-refractivity contribution is -0.159. The van der Waals surface area contributed by atoms with Gasteiger partial charge in [-0.05, 0) is 69.1 Å². The zero-order chi connectivity index (χ0) is 17.0. The van der Waals surface area contributed by atoms with Crippen molar-refractivity contribution in [1.82, 2.24) is 0 Å². The maximum atomic E-state index is 12.7. The van der Waals surface area contributed by atoms with Crippen LogP contribution in [0, 0.1) is 23.2 Å². The molecule has 1 N–H and O–H groups in total. The molecule has 5 rings (SSSR count). The van der Waals surface area contributed by atoms with Gasteiger partial charge >= 0.3 is 5.97 Å². The predicted octanol–water partition coefficient (Wildman–Crippen LogP) is 3.34. The summed E-state index contributed by atoms with van der Waals surface area (Å²) in [6, 6.07) is 0. The Bertz CT molecular complexity index is 582. The van der Waals surface area contributed by atoms with Crippen molar-refractivity contribution in [2.45, 2.75) is 75.4 Å². The fourth-order valence-corrected chi connectivity index (χ4v) is 7.58. The maximum Gasteiger partial charge on any atom is 0.330 e. The van der Waals surface area contributed by atoms with E-state index in [4.69, 9.17) is 4.74 Å². The zero-order valence-electron chi connectivity index (χ0n) is 14.2. The minimum atomic E-state index is -4.44. The van der Waals surface area contributed by atoms with E-state index in [1.807, 2.05) is 0 Å². The third kappa shape index (κ3) is 2.70. The summed E-state index contributed by atoms with van der Waals surface area (Å²) in [5.74, 6) is 1.58. The first-order chi connectivity index (χ1) is 11.3. The van der Waals surface area contributed by atoms with E-state index in [1.54, 1.807) is 0 Å². The van der Waals surface area contributed by atoms with E-state index in [0.717, 1.165) is 43.4 Å². The molecule has 5 saturated carbocycles. The molecule has 0 saturated heterocycles. The molecule has 0 amide bonds. The molecule has 24 heavy (non-hydrogen) atoms. The van der Waals surface area contributed by atoms with Gasteiger partial charge in [-0.3, -0.25) is 9.35 Å². The van der Waals surface area contributed by atoms with Crippen LogP contribution < -0.4 is 0 Å². The number of hydrogen-bond acceptors (Lipinski definition) is 4. The molecule has 6 heteroatoms. The molecule has 136 valence electrons. The molecule has 5 aliphatic carbocycles. The number of carbonyl (C=O) groups excluding carboxylic acids is 1. The molecular weight excluding hydrogens is 328 g/mol. The van der Waals surface area contributed by atoms with Crippen molar-refractivity contribution in [1.29, 1.82) is 0 Å². The monoisotopic (exact) mass is 356 g/mol. The van der Waals surface area contributed by atoms with Crippen LogP contribution in [0.4, 0.5) is 0 Å². The normalized spacial score (nSPS) is 40.5. The van der Waals surface area contributed by atoms with Crippen LogP contribution in [0.25, 0.3) is 0 Å². The Hall–Kier alpha value is -0.620. The van der Waals surface area contributed by atoms with Crippen molar-refractivity contribution >= 4 is 16.1 Å². The highest BCUT2D eigenvalue weighted by atomic mass is 32.2. The molecule has 4 bridgehead atoms. The number of ether oxygens (including phenoxy) is 1. The number of rotatable bonds is 4. The van der Waals surface area contributed by atoms with Crippen molar-refractivity contribution < 1.29 is 22.5 Å². The average Bonchev–Trinajstić information content (AvgIpc) is 2.51. The second kappa shape index (κ2) is 5.70. The molecular formula is C18H28O5S. The van der Waals surface area contributed by atoms with Gasteiger partial charge in [-0.15, -0.1) is 0 Å². The molecule has 0 heterocycles. The van der Waals surface area contributed by atoms with Crippen LogP contribution in [0.5, 0.6) is 0 Å². The maximum absolute atomic E-state index is 12.7. The number of hydrogen-bond donors (Lipinski definition) is 1. The van der Waals surface area contributed by atoms with Gasteiger partial charge in [0.2, 0.25) is 0 Å². The molecule has 5 aliphatic rings. The lowest BCUT2D eigenvalue weighted by Crippen LogP contribution is -2.52. The standard InChI is InChI=1S/C18H28O5S/c19-16(18(24(20,21)22)4-2-1-3-5-18)23-12-17-9-13-6-14(10-17)8-15(7-13)11-17/h13-15H,1-12H2,(H,20,21,22). The van der Waals surface area contributed by atoms with Crippen molar-refractivity contribution in [3.8, 4) is 0 Å². The quantitative estimate of drug-likeness (QED) is 0.617. The van der Waals surface area contributed by atoms with E-state index >= 15 is 0 Å². The third-order valence-electron chi connectivity index (χ3n) is 7.20. The van der Waals surface area contributed by atoms with Crippen molar-refractivity contribution in [3.63, 3.8) is 0 Å². The van der Waals surface area contributed by atoms with Gasteiger partial charge in [0.05, 0.1) is 6.61 Å². The molecule has 5 fully saturated rings.